The first-order valence-electron chi connectivity index (χ1n) is 9.26. The van der Waals surface area contributed by atoms with Crippen LogP contribution in [0.15, 0.2) is 56.9 Å². The summed E-state index contributed by atoms with van der Waals surface area (Å²) in [6.07, 6.45) is 3.99. The van der Waals surface area contributed by atoms with Gasteiger partial charge in [0.15, 0.2) is 5.79 Å². The van der Waals surface area contributed by atoms with Crippen LogP contribution in [0, 0.1) is 23.1 Å². The van der Waals surface area contributed by atoms with Crippen molar-refractivity contribution in [1.29, 1.82) is 5.26 Å². The van der Waals surface area contributed by atoms with Gasteiger partial charge in [-0.2, -0.15) is 15.5 Å². The monoisotopic (exact) mass is 367 g/mol. The van der Waals surface area contributed by atoms with Crippen LogP contribution in [0.5, 0.6) is 0 Å². The van der Waals surface area contributed by atoms with Crippen LogP contribution in [0.1, 0.15) is 43.7 Å². The second-order valence-electron chi connectivity index (χ2n) is 7.18. The lowest BCUT2D eigenvalue weighted by Gasteiger charge is -2.38. The van der Waals surface area contributed by atoms with Gasteiger partial charge in [0, 0.05) is 38.2 Å². The van der Waals surface area contributed by atoms with Gasteiger partial charge in [0.2, 0.25) is 0 Å². The fourth-order valence-electron chi connectivity index (χ4n) is 4.59. The summed E-state index contributed by atoms with van der Waals surface area (Å²) < 4.78 is 25.1. The van der Waals surface area contributed by atoms with Gasteiger partial charge in [-0.1, -0.05) is 12.1 Å². The minimum atomic E-state index is -0.888. The van der Waals surface area contributed by atoms with Crippen molar-refractivity contribution < 1.29 is 13.9 Å². The minimum absolute atomic E-state index is 0.269. The Balaban J connectivity index is 1.87. The lowest BCUT2D eigenvalue weighted by atomic mass is 9.75. The Bertz CT molecular complexity index is 876. The Morgan fingerprint density at radius 2 is 1.93 bits per heavy atom. The number of nitrogens with zero attached hydrogens (tertiary/aromatic N) is 3. The lowest BCUT2D eigenvalue weighted by Crippen LogP contribution is -2.40. The molecular formula is C21H22FN3O2. The van der Waals surface area contributed by atoms with Crippen molar-refractivity contribution in [2.45, 2.75) is 43.9 Å². The van der Waals surface area contributed by atoms with Gasteiger partial charge in [-0.15, -0.1) is 0 Å². The minimum Gasteiger partial charge on any atom is -0.349 e. The normalized spacial score (nSPS) is 26.4. The number of azo groups is 1. The Kier molecular flexibility index (Phi) is 4.67. The van der Waals surface area contributed by atoms with Crippen LogP contribution in [-0.4, -0.2) is 20.0 Å². The molecule has 0 amide bonds. The molecule has 2 unspecified atom stereocenters. The zero-order chi connectivity index (χ0) is 19.0. The third-order valence-corrected chi connectivity index (χ3v) is 5.87. The molecule has 0 radical (unpaired) electrons. The SMILES string of the molecule is COC1(OC)CCCCC2=C1C(C#N)CC1=C2C(c2ccc(F)cc2)N=N1. The molecule has 2 aliphatic carbocycles. The van der Waals surface area contributed by atoms with Crippen LogP contribution in [0.4, 0.5) is 4.39 Å². The second-order valence-corrected chi connectivity index (χ2v) is 7.18. The van der Waals surface area contributed by atoms with E-state index in [0.717, 1.165) is 53.7 Å². The van der Waals surface area contributed by atoms with Crippen molar-refractivity contribution in [3.63, 3.8) is 0 Å². The van der Waals surface area contributed by atoms with E-state index in [1.165, 1.54) is 12.1 Å². The van der Waals surface area contributed by atoms with Gasteiger partial charge in [-0.25, -0.2) is 4.39 Å². The number of hydrogen-bond donors (Lipinski definition) is 0. The first kappa shape index (κ1) is 18.0. The average molecular weight is 367 g/mol. The highest BCUT2D eigenvalue weighted by Crippen LogP contribution is 2.53. The van der Waals surface area contributed by atoms with Crippen molar-refractivity contribution in [3.8, 4) is 6.07 Å². The van der Waals surface area contributed by atoms with Gasteiger partial charge < -0.3 is 9.47 Å². The Labute approximate surface area is 158 Å². The van der Waals surface area contributed by atoms with Crippen molar-refractivity contribution in [2.75, 3.05) is 14.2 Å². The number of fused-ring (bicyclic) bond motifs is 1. The van der Waals surface area contributed by atoms with E-state index in [-0.39, 0.29) is 17.8 Å². The summed E-state index contributed by atoms with van der Waals surface area (Å²) >= 11 is 0. The fourth-order valence-corrected chi connectivity index (χ4v) is 4.59. The third-order valence-electron chi connectivity index (χ3n) is 5.87. The molecule has 1 heterocycles. The number of allylic oxidation sites excluding steroid dienone is 1. The van der Waals surface area contributed by atoms with E-state index < -0.39 is 5.79 Å². The highest BCUT2D eigenvalue weighted by atomic mass is 19.1. The van der Waals surface area contributed by atoms with Crippen LogP contribution in [0.25, 0.3) is 0 Å². The summed E-state index contributed by atoms with van der Waals surface area (Å²) in [5.74, 6) is -1.51. The molecule has 0 aromatic heterocycles. The number of nitriles is 1. The van der Waals surface area contributed by atoms with Crippen LogP contribution in [0.2, 0.25) is 0 Å². The van der Waals surface area contributed by atoms with E-state index >= 15 is 0 Å². The molecule has 0 fully saturated rings. The number of halogens is 1. The molecule has 2 atom stereocenters. The van der Waals surface area contributed by atoms with E-state index in [9.17, 15) is 9.65 Å². The molecule has 1 aliphatic heterocycles. The Hall–Kier alpha value is -2.36. The molecule has 0 saturated carbocycles. The maximum absolute atomic E-state index is 13.4. The lowest BCUT2D eigenvalue weighted by molar-refractivity contribution is -0.186. The number of hydrogen-bond acceptors (Lipinski definition) is 5. The molecule has 0 N–H and O–H groups in total. The van der Waals surface area contributed by atoms with Crippen LogP contribution >= 0.6 is 0 Å². The standard InChI is InChI=1S/C21H22FN3O2/c1-26-21(27-2)10-4-3-5-16-18-17(11-14(12-23)19(16)21)24-25-20(18)13-6-8-15(22)9-7-13/h6-9,14,20H,3-5,10-11H2,1-2H3. The van der Waals surface area contributed by atoms with Crippen LogP contribution in [-0.2, 0) is 9.47 Å². The van der Waals surface area contributed by atoms with Gasteiger partial charge >= 0.3 is 0 Å². The molecule has 0 spiro atoms. The molecule has 5 nitrogen and oxygen atoms in total. The predicted octanol–water partition coefficient (Wildman–Crippen LogP) is 4.99. The van der Waals surface area contributed by atoms with Gasteiger partial charge in [0.25, 0.3) is 0 Å². The van der Waals surface area contributed by atoms with Crippen molar-refractivity contribution in [3.05, 3.63) is 58.1 Å². The molecule has 3 aliphatic rings. The maximum Gasteiger partial charge on any atom is 0.191 e. The largest absolute Gasteiger partial charge is 0.349 e. The summed E-state index contributed by atoms with van der Waals surface area (Å²) in [6.45, 7) is 0. The molecule has 0 saturated heterocycles. The Morgan fingerprint density at radius 1 is 1.19 bits per heavy atom. The van der Waals surface area contributed by atoms with Gasteiger partial charge in [0.1, 0.15) is 11.9 Å². The summed E-state index contributed by atoms with van der Waals surface area (Å²) in [7, 11) is 3.28. The quantitative estimate of drug-likeness (QED) is 0.707. The zero-order valence-corrected chi connectivity index (χ0v) is 15.5. The highest BCUT2D eigenvalue weighted by Gasteiger charge is 2.47. The summed E-state index contributed by atoms with van der Waals surface area (Å²) in [6, 6.07) is 8.55. The fraction of sp³-hybridized carbons (Fsp3) is 0.476. The van der Waals surface area contributed by atoms with Crippen LogP contribution in [0.3, 0.4) is 0 Å². The molecule has 4 rings (SSSR count). The van der Waals surface area contributed by atoms with Gasteiger partial charge in [0.05, 0.1) is 17.7 Å². The molecule has 6 heteroatoms. The van der Waals surface area contributed by atoms with Crippen molar-refractivity contribution >= 4 is 0 Å². The van der Waals surface area contributed by atoms with E-state index in [4.69, 9.17) is 9.47 Å². The van der Waals surface area contributed by atoms with E-state index in [0.29, 0.717) is 6.42 Å². The number of rotatable bonds is 3. The smallest absolute Gasteiger partial charge is 0.191 e. The average Bonchev–Trinajstić information content (AvgIpc) is 3.02. The Morgan fingerprint density at radius 3 is 2.59 bits per heavy atom. The highest BCUT2D eigenvalue weighted by molar-refractivity contribution is 5.54. The molecule has 1 aromatic rings. The summed E-state index contributed by atoms with van der Waals surface area (Å²) in [4.78, 5) is 0. The number of methoxy groups -OCH3 is 2. The number of benzene rings is 1. The second kappa shape index (κ2) is 6.99. The molecule has 27 heavy (non-hydrogen) atoms. The van der Waals surface area contributed by atoms with Crippen LogP contribution < -0.4 is 0 Å². The van der Waals surface area contributed by atoms with Crippen molar-refractivity contribution in [2.24, 2.45) is 16.1 Å². The van der Waals surface area contributed by atoms with E-state index in [2.05, 4.69) is 16.3 Å². The topological polar surface area (TPSA) is 67.0 Å². The van der Waals surface area contributed by atoms with E-state index in [1.807, 2.05) is 0 Å². The van der Waals surface area contributed by atoms with Gasteiger partial charge in [-0.3, -0.25) is 0 Å². The van der Waals surface area contributed by atoms with Crippen molar-refractivity contribution in [1.82, 2.24) is 0 Å². The summed E-state index contributed by atoms with van der Waals surface area (Å²) in [5.41, 5.74) is 4.81. The maximum atomic E-state index is 13.4. The summed E-state index contributed by atoms with van der Waals surface area (Å²) in [5, 5.41) is 18.7. The first-order chi connectivity index (χ1) is 13.1. The predicted molar refractivity (Wildman–Crippen MR) is 97.0 cm³/mol. The first-order valence-corrected chi connectivity index (χ1v) is 9.26. The van der Waals surface area contributed by atoms with E-state index in [1.54, 1.807) is 26.4 Å². The molecule has 1 aromatic carbocycles. The third kappa shape index (κ3) is 2.82. The number of ether oxygens (including phenoxy) is 2. The zero-order valence-electron chi connectivity index (χ0n) is 15.5. The molecule has 0 bridgehead atoms. The molecular weight excluding hydrogens is 345 g/mol. The van der Waals surface area contributed by atoms with Gasteiger partial charge in [-0.05, 0) is 42.5 Å². The molecule has 140 valence electrons.